The quantitative estimate of drug-likeness (QED) is 0.617. The summed E-state index contributed by atoms with van der Waals surface area (Å²) in [4.78, 5) is 2.48. The molecule has 1 aromatic rings. The fourth-order valence-electron chi connectivity index (χ4n) is 3.40. The van der Waals surface area contributed by atoms with Gasteiger partial charge in [0.2, 0.25) is 0 Å². The van der Waals surface area contributed by atoms with E-state index in [1.54, 1.807) is 0 Å². The fraction of sp³-hybridized carbons (Fsp3) is 0.667. The van der Waals surface area contributed by atoms with E-state index in [0.717, 1.165) is 26.3 Å². The first-order chi connectivity index (χ1) is 10.3. The first kappa shape index (κ1) is 16.5. The molecule has 2 atom stereocenters. The van der Waals surface area contributed by atoms with E-state index in [2.05, 4.69) is 55.4 Å². The molecule has 2 unspecified atom stereocenters. The van der Waals surface area contributed by atoms with E-state index in [0.29, 0.717) is 12.1 Å². The molecule has 0 amide bonds. The van der Waals surface area contributed by atoms with Crippen LogP contribution in [0.3, 0.4) is 0 Å². The van der Waals surface area contributed by atoms with Gasteiger partial charge in [-0.2, -0.15) is 0 Å². The molecule has 0 saturated heterocycles. The third kappa shape index (κ3) is 4.29. The Kier molecular flexibility index (Phi) is 6.68. The van der Waals surface area contributed by atoms with Gasteiger partial charge in [-0.05, 0) is 50.9 Å². The first-order valence-electron chi connectivity index (χ1n) is 8.37. The Morgan fingerprint density at radius 1 is 1.29 bits per heavy atom. The zero-order chi connectivity index (χ0) is 15.1. The van der Waals surface area contributed by atoms with Crippen molar-refractivity contribution < 1.29 is 4.74 Å². The van der Waals surface area contributed by atoms with E-state index in [9.17, 15) is 0 Å². The summed E-state index contributed by atoms with van der Waals surface area (Å²) in [6.45, 7) is 7.90. The van der Waals surface area contributed by atoms with Gasteiger partial charge in [0.1, 0.15) is 0 Å². The monoisotopic (exact) mass is 290 g/mol. The van der Waals surface area contributed by atoms with E-state index < -0.39 is 0 Å². The summed E-state index contributed by atoms with van der Waals surface area (Å²) in [7, 11) is 2.24. The van der Waals surface area contributed by atoms with Gasteiger partial charge in [0.15, 0.2) is 0 Å². The Hall–Kier alpha value is -0.900. The van der Waals surface area contributed by atoms with Crippen LogP contribution in [0.4, 0.5) is 0 Å². The highest BCUT2D eigenvalue weighted by Crippen LogP contribution is 2.31. The van der Waals surface area contributed by atoms with Crippen LogP contribution in [0.5, 0.6) is 0 Å². The molecule has 3 heteroatoms. The van der Waals surface area contributed by atoms with Crippen molar-refractivity contribution in [3.8, 4) is 0 Å². The molecule has 0 bridgehead atoms. The third-order valence-corrected chi connectivity index (χ3v) is 4.50. The normalized spacial score (nSPS) is 22.1. The molecule has 1 aliphatic carbocycles. The number of hydrogen-bond donors (Lipinski definition) is 1. The number of aryl methyl sites for hydroxylation is 1. The Bertz CT molecular complexity index is 421. The van der Waals surface area contributed by atoms with Gasteiger partial charge in [-0.25, -0.2) is 0 Å². The maximum absolute atomic E-state index is 5.53. The molecule has 0 fully saturated rings. The second-order valence-corrected chi connectivity index (χ2v) is 5.87. The molecule has 21 heavy (non-hydrogen) atoms. The summed E-state index contributed by atoms with van der Waals surface area (Å²) >= 11 is 0. The van der Waals surface area contributed by atoms with Crippen LogP contribution < -0.4 is 5.32 Å². The minimum Gasteiger partial charge on any atom is -0.380 e. The van der Waals surface area contributed by atoms with E-state index in [1.165, 1.54) is 30.4 Å². The molecule has 3 nitrogen and oxygen atoms in total. The van der Waals surface area contributed by atoms with Crippen molar-refractivity contribution in [2.75, 3.05) is 33.4 Å². The lowest BCUT2D eigenvalue weighted by molar-refractivity contribution is 0.0947. The lowest BCUT2D eigenvalue weighted by Crippen LogP contribution is -2.43. The second kappa shape index (κ2) is 8.52. The number of benzene rings is 1. The molecule has 0 aliphatic heterocycles. The van der Waals surface area contributed by atoms with Crippen LogP contribution in [-0.2, 0) is 11.2 Å². The molecule has 1 N–H and O–H groups in total. The zero-order valence-corrected chi connectivity index (χ0v) is 13.8. The lowest BCUT2D eigenvalue weighted by Gasteiger charge is -2.34. The van der Waals surface area contributed by atoms with E-state index in [1.807, 2.05) is 0 Å². The maximum Gasteiger partial charge on any atom is 0.0593 e. The molecule has 0 radical (unpaired) electrons. The average molecular weight is 290 g/mol. The van der Waals surface area contributed by atoms with Crippen LogP contribution in [0.25, 0.3) is 0 Å². The summed E-state index contributed by atoms with van der Waals surface area (Å²) in [6, 6.07) is 9.92. The molecule has 0 heterocycles. The van der Waals surface area contributed by atoms with Gasteiger partial charge in [0, 0.05) is 25.2 Å². The van der Waals surface area contributed by atoms with Crippen LogP contribution in [0, 0.1) is 0 Å². The first-order valence-corrected chi connectivity index (χ1v) is 8.37. The van der Waals surface area contributed by atoms with Crippen molar-refractivity contribution in [3.63, 3.8) is 0 Å². The number of nitrogens with zero attached hydrogens (tertiary/aromatic N) is 1. The molecular weight excluding hydrogens is 260 g/mol. The molecule has 1 aliphatic rings. The summed E-state index contributed by atoms with van der Waals surface area (Å²) in [6.07, 6.45) is 3.71. The SMILES string of the molecule is CCNC1c2ccccc2CCCC1N(C)CCOCC. The number of nitrogens with one attached hydrogen (secondary N) is 1. The number of likely N-dealkylation sites (N-methyl/N-ethyl adjacent to an activating group) is 2. The highest BCUT2D eigenvalue weighted by molar-refractivity contribution is 5.32. The largest absolute Gasteiger partial charge is 0.380 e. The topological polar surface area (TPSA) is 24.5 Å². The maximum atomic E-state index is 5.53. The Morgan fingerprint density at radius 3 is 2.86 bits per heavy atom. The van der Waals surface area contributed by atoms with E-state index >= 15 is 0 Å². The Balaban J connectivity index is 2.15. The van der Waals surface area contributed by atoms with Crippen LogP contribution in [0.1, 0.15) is 43.9 Å². The Labute approximate surface area is 129 Å². The minimum absolute atomic E-state index is 0.431. The summed E-state index contributed by atoms with van der Waals surface area (Å²) < 4.78 is 5.53. The zero-order valence-electron chi connectivity index (χ0n) is 13.8. The van der Waals surface area contributed by atoms with Crippen LogP contribution in [-0.4, -0.2) is 44.3 Å². The minimum atomic E-state index is 0.431. The predicted octanol–water partition coefficient (Wildman–Crippen LogP) is 3.01. The molecule has 0 spiro atoms. The lowest BCUT2D eigenvalue weighted by atomic mass is 9.95. The summed E-state index contributed by atoms with van der Waals surface area (Å²) in [5.41, 5.74) is 3.01. The number of fused-ring (bicyclic) bond motifs is 1. The molecule has 2 rings (SSSR count). The van der Waals surface area contributed by atoms with Gasteiger partial charge < -0.3 is 10.1 Å². The number of rotatable bonds is 7. The van der Waals surface area contributed by atoms with Crippen molar-refractivity contribution in [3.05, 3.63) is 35.4 Å². The van der Waals surface area contributed by atoms with Crippen molar-refractivity contribution in [2.45, 2.75) is 45.2 Å². The molecule has 118 valence electrons. The fourth-order valence-corrected chi connectivity index (χ4v) is 3.40. The number of hydrogen-bond acceptors (Lipinski definition) is 3. The standard InChI is InChI=1S/C18H30N2O/c1-4-19-18-16-11-7-6-9-15(16)10-8-12-17(18)20(3)13-14-21-5-2/h6-7,9,11,17-19H,4-5,8,10,12-14H2,1-3H3. The van der Waals surface area contributed by atoms with Crippen LogP contribution in [0.15, 0.2) is 24.3 Å². The Morgan fingerprint density at radius 2 is 2.10 bits per heavy atom. The van der Waals surface area contributed by atoms with Gasteiger partial charge in [-0.3, -0.25) is 4.90 Å². The molecule has 0 aromatic heterocycles. The predicted molar refractivity (Wildman–Crippen MR) is 88.7 cm³/mol. The highest BCUT2D eigenvalue weighted by Gasteiger charge is 2.29. The van der Waals surface area contributed by atoms with Crippen molar-refractivity contribution in [1.29, 1.82) is 0 Å². The average Bonchev–Trinajstić information content (AvgIpc) is 2.68. The third-order valence-electron chi connectivity index (χ3n) is 4.50. The smallest absolute Gasteiger partial charge is 0.0593 e. The van der Waals surface area contributed by atoms with Crippen LogP contribution in [0.2, 0.25) is 0 Å². The van der Waals surface area contributed by atoms with Gasteiger partial charge in [-0.15, -0.1) is 0 Å². The van der Waals surface area contributed by atoms with E-state index in [4.69, 9.17) is 4.74 Å². The summed E-state index contributed by atoms with van der Waals surface area (Å²) in [5, 5.41) is 3.72. The van der Waals surface area contributed by atoms with Gasteiger partial charge in [0.25, 0.3) is 0 Å². The molecular formula is C18H30N2O. The summed E-state index contributed by atoms with van der Waals surface area (Å²) in [5.74, 6) is 0. The van der Waals surface area contributed by atoms with Crippen molar-refractivity contribution >= 4 is 0 Å². The van der Waals surface area contributed by atoms with Crippen molar-refractivity contribution in [2.24, 2.45) is 0 Å². The van der Waals surface area contributed by atoms with Gasteiger partial charge >= 0.3 is 0 Å². The molecule has 0 saturated carbocycles. The number of ether oxygens (including phenoxy) is 1. The van der Waals surface area contributed by atoms with Gasteiger partial charge in [-0.1, -0.05) is 31.2 Å². The van der Waals surface area contributed by atoms with Gasteiger partial charge in [0.05, 0.1) is 6.61 Å². The van der Waals surface area contributed by atoms with E-state index in [-0.39, 0.29) is 0 Å². The second-order valence-electron chi connectivity index (χ2n) is 5.87. The van der Waals surface area contributed by atoms with Crippen LogP contribution >= 0.6 is 0 Å². The van der Waals surface area contributed by atoms with Crippen molar-refractivity contribution in [1.82, 2.24) is 10.2 Å². The molecule has 1 aromatic carbocycles. The highest BCUT2D eigenvalue weighted by atomic mass is 16.5.